The van der Waals surface area contributed by atoms with Crippen LogP contribution in [0.2, 0.25) is 0 Å². The molecule has 0 radical (unpaired) electrons. The van der Waals surface area contributed by atoms with Crippen LogP contribution in [0, 0.1) is 26.0 Å². The monoisotopic (exact) mass is 291 g/mol. The van der Waals surface area contributed by atoms with Gasteiger partial charge in [0.15, 0.2) is 0 Å². The summed E-state index contributed by atoms with van der Waals surface area (Å²) in [6, 6.07) is 9.37. The van der Waals surface area contributed by atoms with E-state index in [1.165, 1.54) is 18.2 Å². The molecule has 0 aliphatic heterocycles. The van der Waals surface area contributed by atoms with Crippen molar-refractivity contribution in [3.8, 4) is 0 Å². The predicted molar refractivity (Wildman–Crippen MR) is 73.5 cm³/mol. The molecular formula is C13H10FN3O4. The highest BCUT2D eigenvalue weighted by molar-refractivity contribution is 5.52. The summed E-state index contributed by atoms with van der Waals surface area (Å²) in [5.41, 5.74) is 0.522. The SMILES string of the molecule is O=[N+]([O-])c1ccc(CNc2ccc(F)c([N+](=O)[O-])c2)cc1. The molecule has 0 unspecified atom stereocenters. The van der Waals surface area contributed by atoms with Gasteiger partial charge in [-0.05, 0) is 17.7 Å². The van der Waals surface area contributed by atoms with Gasteiger partial charge in [-0.25, -0.2) is 0 Å². The van der Waals surface area contributed by atoms with Crippen LogP contribution in [0.3, 0.4) is 0 Å². The maximum atomic E-state index is 13.2. The number of anilines is 1. The summed E-state index contributed by atoms with van der Waals surface area (Å²) in [7, 11) is 0. The van der Waals surface area contributed by atoms with Crippen molar-refractivity contribution in [1.82, 2.24) is 0 Å². The number of halogens is 1. The summed E-state index contributed by atoms with van der Waals surface area (Å²) in [5, 5.41) is 24.0. The lowest BCUT2D eigenvalue weighted by molar-refractivity contribution is -0.387. The fourth-order valence-corrected chi connectivity index (χ4v) is 1.70. The smallest absolute Gasteiger partial charge is 0.306 e. The molecule has 2 aromatic carbocycles. The van der Waals surface area contributed by atoms with Gasteiger partial charge in [0.1, 0.15) is 0 Å². The Kier molecular flexibility index (Phi) is 4.07. The van der Waals surface area contributed by atoms with Gasteiger partial charge in [0.2, 0.25) is 5.82 Å². The van der Waals surface area contributed by atoms with Gasteiger partial charge in [-0.1, -0.05) is 12.1 Å². The molecule has 7 nitrogen and oxygen atoms in total. The lowest BCUT2D eigenvalue weighted by Gasteiger charge is -2.06. The van der Waals surface area contributed by atoms with Crippen LogP contribution in [0.5, 0.6) is 0 Å². The third kappa shape index (κ3) is 3.50. The molecule has 2 rings (SSSR count). The van der Waals surface area contributed by atoms with Crippen molar-refractivity contribution in [3.63, 3.8) is 0 Å². The molecule has 0 aliphatic rings. The Morgan fingerprint density at radius 3 is 2.24 bits per heavy atom. The lowest BCUT2D eigenvalue weighted by atomic mass is 10.2. The highest BCUT2D eigenvalue weighted by Gasteiger charge is 2.14. The van der Waals surface area contributed by atoms with E-state index in [-0.39, 0.29) is 5.69 Å². The molecule has 108 valence electrons. The molecule has 0 heterocycles. The van der Waals surface area contributed by atoms with Gasteiger partial charge in [-0.2, -0.15) is 4.39 Å². The molecule has 1 N–H and O–H groups in total. The standard InChI is InChI=1S/C13H10FN3O4/c14-12-6-3-10(7-13(12)17(20)21)15-8-9-1-4-11(5-2-9)16(18)19/h1-7,15H,8H2. The molecule has 0 saturated carbocycles. The Labute approximate surface area is 118 Å². The predicted octanol–water partition coefficient (Wildman–Crippen LogP) is 3.25. The quantitative estimate of drug-likeness (QED) is 0.673. The van der Waals surface area contributed by atoms with E-state index >= 15 is 0 Å². The first-order chi connectivity index (χ1) is 9.97. The van der Waals surface area contributed by atoms with Crippen LogP contribution < -0.4 is 5.32 Å². The molecule has 0 aliphatic carbocycles. The zero-order chi connectivity index (χ0) is 15.4. The fourth-order valence-electron chi connectivity index (χ4n) is 1.70. The van der Waals surface area contributed by atoms with Gasteiger partial charge in [0.25, 0.3) is 5.69 Å². The largest absolute Gasteiger partial charge is 0.381 e. The lowest BCUT2D eigenvalue weighted by Crippen LogP contribution is -2.01. The topological polar surface area (TPSA) is 98.3 Å². The van der Waals surface area contributed by atoms with Gasteiger partial charge < -0.3 is 5.32 Å². The average Bonchev–Trinajstić information content (AvgIpc) is 2.46. The minimum absolute atomic E-state index is 0.0174. The first-order valence-corrected chi connectivity index (χ1v) is 5.88. The molecule has 21 heavy (non-hydrogen) atoms. The normalized spacial score (nSPS) is 10.1. The molecule has 0 atom stereocenters. The van der Waals surface area contributed by atoms with Gasteiger partial charge in [0, 0.05) is 30.4 Å². The number of nitrogens with one attached hydrogen (secondary N) is 1. The Morgan fingerprint density at radius 1 is 1.00 bits per heavy atom. The van der Waals surface area contributed by atoms with E-state index in [9.17, 15) is 24.6 Å². The van der Waals surface area contributed by atoms with Crippen LogP contribution in [0.15, 0.2) is 42.5 Å². The summed E-state index contributed by atoms with van der Waals surface area (Å²) in [5.74, 6) is -0.902. The van der Waals surface area contributed by atoms with Crippen molar-refractivity contribution in [2.24, 2.45) is 0 Å². The number of hydrogen-bond donors (Lipinski definition) is 1. The number of nitro benzene ring substituents is 2. The van der Waals surface area contributed by atoms with Crippen LogP contribution in [0.4, 0.5) is 21.5 Å². The minimum Gasteiger partial charge on any atom is -0.381 e. The number of nitrogens with zero attached hydrogens (tertiary/aromatic N) is 2. The van der Waals surface area contributed by atoms with E-state index in [1.807, 2.05) is 0 Å². The summed E-state index contributed by atoms with van der Waals surface area (Å²) in [4.78, 5) is 19.8. The second-order valence-electron chi connectivity index (χ2n) is 4.20. The number of rotatable bonds is 5. The molecular weight excluding hydrogens is 281 g/mol. The molecule has 2 aromatic rings. The summed E-state index contributed by atoms with van der Waals surface area (Å²) < 4.78 is 13.2. The van der Waals surface area contributed by atoms with Crippen molar-refractivity contribution >= 4 is 17.1 Å². The van der Waals surface area contributed by atoms with Crippen LogP contribution in [-0.4, -0.2) is 9.85 Å². The van der Waals surface area contributed by atoms with E-state index in [0.717, 1.165) is 17.7 Å². The number of hydrogen-bond acceptors (Lipinski definition) is 5. The summed E-state index contributed by atoms with van der Waals surface area (Å²) in [6.07, 6.45) is 0. The second-order valence-corrected chi connectivity index (χ2v) is 4.20. The third-order valence-corrected chi connectivity index (χ3v) is 2.79. The van der Waals surface area contributed by atoms with Crippen molar-refractivity contribution in [1.29, 1.82) is 0 Å². The molecule has 0 fully saturated rings. The van der Waals surface area contributed by atoms with E-state index in [2.05, 4.69) is 5.32 Å². The zero-order valence-electron chi connectivity index (χ0n) is 10.7. The highest BCUT2D eigenvalue weighted by atomic mass is 19.1. The van der Waals surface area contributed by atoms with E-state index in [4.69, 9.17) is 0 Å². The van der Waals surface area contributed by atoms with Crippen molar-refractivity contribution in [3.05, 3.63) is 74.1 Å². The maximum Gasteiger partial charge on any atom is 0.306 e. The fraction of sp³-hybridized carbons (Fsp3) is 0.0769. The Hall–Kier alpha value is -3.03. The van der Waals surface area contributed by atoms with Crippen LogP contribution in [0.1, 0.15) is 5.56 Å². The Balaban J connectivity index is 2.07. The van der Waals surface area contributed by atoms with Crippen LogP contribution in [0.25, 0.3) is 0 Å². The van der Waals surface area contributed by atoms with Gasteiger partial charge in [0.05, 0.1) is 9.85 Å². The average molecular weight is 291 g/mol. The molecule has 0 spiro atoms. The molecule has 0 saturated heterocycles. The third-order valence-electron chi connectivity index (χ3n) is 2.79. The number of non-ortho nitro benzene ring substituents is 1. The first-order valence-electron chi connectivity index (χ1n) is 5.88. The van der Waals surface area contributed by atoms with Crippen LogP contribution in [-0.2, 0) is 6.54 Å². The highest BCUT2D eigenvalue weighted by Crippen LogP contribution is 2.22. The van der Waals surface area contributed by atoms with Crippen molar-refractivity contribution < 1.29 is 14.2 Å². The van der Waals surface area contributed by atoms with E-state index < -0.39 is 21.4 Å². The number of nitro groups is 2. The van der Waals surface area contributed by atoms with E-state index in [0.29, 0.717) is 12.2 Å². The van der Waals surface area contributed by atoms with Crippen molar-refractivity contribution in [2.75, 3.05) is 5.32 Å². The van der Waals surface area contributed by atoms with E-state index in [1.54, 1.807) is 12.1 Å². The van der Waals surface area contributed by atoms with Gasteiger partial charge in [-0.15, -0.1) is 0 Å². The van der Waals surface area contributed by atoms with Crippen LogP contribution >= 0.6 is 0 Å². The summed E-state index contributed by atoms with van der Waals surface area (Å²) >= 11 is 0. The summed E-state index contributed by atoms with van der Waals surface area (Å²) in [6.45, 7) is 0.306. The van der Waals surface area contributed by atoms with Crippen molar-refractivity contribution in [2.45, 2.75) is 6.54 Å². The first kappa shape index (κ1) is 14.4. The maximum absolute atomic E-state index is 13.2. The molecule has 8 heteroatoms. The van der Waals surface area contributed by atoms with Gasteiger partial charge in [-0.3, -0.25) is 20.2 Å². The Morgan fingerprint density at radius 2 is 1.67 bits per heavy atom. The molecule has 0 aromatic heterocycles. The minimum atomic E-state index is -0.902. The molecule has 0 bridgehead atoms. The van der Waals surface area contributed by atoms with Gasteiger partial charge >= 0.3 is 5.69 Å². The molecule has 0 amide bonds. The Bertz CT molecular complexity index is 688. The zero-order valence-corrected chi connectivity index (χ0v) is 10.7. The second kappa shape index (κ2) is 5.95. The number of benzene rings is 2.